The highest BCUT2D eigenvalue weighted by atomic mass is 28.4. The number of azide groups is 1. The van der Waals surface area contributed by atoms with Crippen molar-refractivity contribution in [1.29, 1.82) is 0 Å². The molecule has 0 aliphatic carbocycles. The topological polar surface area (TPSA) is 93.5 Å². The van der Waals surface area contributed by atoms with Crippen LogP contribution in [0.25, 0.3) is 10.4 Å². The monoisotopic (exact) mass is 309 g/mol. The van der Waals surface area contributed by atoms with Gasteiger partial charge < -0.3 is 13.3 Å². The molecule has 114 valence electrons. The molecule has 0 heterocycles. The van der Waals surface area contributed by atoms with Crippen molar-refractivity contribution < 1.29 is 18.1 Å². The molecule has 0 N–H and O–H groups in total. The van der Waals surface area contributed by atoms with Crippen LogP contribution in [-0.2, 0) is 13.3 Å². The Hall–Kier alpha value is -1.70. The van der Waals surface area contributed by atoms with Crippen molar-refractivity contribution in [2.24, 2.45) is 5.11 Å². The predicted molar refractivity (Wildman–Crippen MR) is 80.2 cm³/mol. The molecule has 21 heavy (non-hydrogen) atoms. The second-order valence-corrected chi connectivity index (χ2v) is 6.49. The molecule has 8 heteroatoms. The fraction of sp³-hybridized carbons (Fsp3) is 0.462. The summed E-state index contributed by atoms with van der Waals surface area (Å²) in [6.07, 6.45) is 0. The van der Waals surface area contributed by atoms with Crippen LogP contribution in [-0.4, -0.2) is 34.5 Å². The molecule has 7 nitrogen and oxygen atoms in total. The van der Waals surface area contributed by atoms with Crippen molar-refractivity contribution in [3.8, 4) is 0 Å². The Balaban J connectivity index is 3.26. The SMILES string of the molecule is CCO[Si](OCC)(OCC)c1cccc(C(=O)N=[N+]=[N-])c1. The Kier molecular flexibility index (Phi) is 7.07. The van der Waals surface area contributed by atoms with Gasteiger partial charge in [0.15, 0.2) is 0 Å². The van der Waals surface area contributed by atoms with Gasteiger partial charge in [-0.2, -0.15) is 0 Å². The van der Waals surface area contributed by atoms with E-state index in [0.717, 1.165) is 0 Å². The lowest BCUT2D eigenvalue weighted by molar-refractivity contribution is 0.0859. The van der Waals surface area contributed by atoms with Gasteiger partial charge in [-0.15, -0.1) is 0 Å². The van der Waals surface area contributed by atoms with Gasteiger partial charge in [0.1, 0.15) is 0 Å². The Morgan fingerprint density at radius 1 is 1.19 bits per heavy atom. The van der Waals surface area contributed by atoms with E-state index >= 15 is 0 Å². The van der Waals surface area contributed by atoms with E-state index in [1.54, 1.807) is 24.3 Å². The maximum absolute atomic E-state index is 11.7. The van der Waals surface area contributed by atoms with E-state index in [2.05, 4.69) is 10.0 Å². The van der Waals surface area contributed by atoms with Crippen LogP contribution in [0.15, 0.2) is 29.4 Å². The molecule has 0 unspecified atom stereocenters. The molecule has 0 aliphatic rings. The molecular formula is C13H19N3O4Si. The third-order valence-corrected chi connectivity index (χ3v) is 5.63. The summed E-state index contributed by atoms with van der Waals surface area (Å²) in [7, 11) is -3.06. The molecule has 0 radical (unpaired) electrons. The summed E-state index contributed by atoms with van der Waals surface area (Å²) in [5.41, 5.74) is 8.63. The Morgan fingerprint density at radius 3 is 2.24 bits per heavy atom. The molecule has 1 rings (SSSR count). The molecule has 0 spiro atoms. The fourth-order valence-corrected chi connectivity index (χ4v) is 4.41. The molecule has 0 atom stereocenters. The summed E-state index contributed by atoms with van der Waals surface area (Å²) < 4.78 is 17.3. The first-order valence-electron chi connectivity index (χ1n) is 6.75. The van der Waals surface area contributed by atoms with E-state index < -0.39 is 14.7 Å². The molecule has 0 saturated heterocycles. The van der Waals surface area contributed by atoms with Crippen LogP contribution in [0, 0.1) is 0 Å². The maximum Gasteiger partial charge on any atom is 0.537 e. The van der Waals surface area contributed by atoms with Crippen LogP contribution in [0.3, 0.4) is 0 Å². The zero-order chi connectivity index (χ0) is 15.7. The molecule has 1 aromatic carbocycles. The number of carbonyl (C=O) groups is 1. The van der Waals surface area contributed by atoms with Crippen molar-refractivity contribution in [3.05, 3.63) is 40.3 Å². The Morgan fingerprint density at radius 2 is 1.76 bits per heavy atom. The van der Waals surface area contributed by atoms with Crippen molar-refractivity contribution in [2.45, 2.75) is 20.8 Å². The number of hydrogen-bond donors (Lipinski definition) is 0. The third-order valence-electron chi connectivity index (χ3n) is 2.60. The fourth-order valence-electron chi connectivity index (χ4n) is 1.89. The normalized spacial score (nSPS) is 11.0. The van der Waals surface area contributed by atoms with E-state index in [9.17, 15) is 4.79 Å². The van der Waals surface area contributed by atoms with Gasteiger partial charge in [0.2, 0.25) is 5.91 Å². The number of benzene rings is 1. The summed E-state index contributed by atoms with van der Waals surface area (Å²) in [4.78, 5) is 14.2. The van der Waals surface area contributed by atoms with E-state index in [-0.39, 0.29) is 5.56 Å². The summed E-state index contributed by atoms with van der Waals surface area (Å²) in [6, 6.07) is 6.65. The number of amides is 1. The lowest BCUT2D eigenvalue weighted by Crippen LogP contribution is -2.57. The summed E-state index contributed by atoms with van der Waals surface area (Å²) in [5, 5.41) is 3.76. The van der Waals surface area contributed by atoms with Gasteiger partial charge in [-0.1, -0.05) is 18.2 Å². The van der Waals surface area contributed by atoms with Gasteiger partial charge in [0.05, 0.1) is 0 Å². The molecular weight excluding hydrogens is 290 g/mol. The van der Waals surface area contributed by atoms with Gasteiger partial charge in [-0.3, -0.25) is 4.79 Å². The third kappa shape index (κ3) is 4.38. The van der Waals surface area contributed by atoms with Gasteiger partial charge >= 0.3 is 8.80 Å². The van der Waals surface area contributed by atoms with E-state index in [0.29, 0.717) is 25.0 Å². The lowest BCUT2D eigenvalue weighted by Gasteiger charge is -2.28. The lowest BCUT2D eigenvalue weighted by atomic mass is 10.2. The first-order valence-corrected chi connectivity index (χ1v) is 8.47. The van der Waals surface area contributed by atoms with E-state index in [4.69, 9.17) is 18.8 Å². The van der Waals surface area contributed by atoms with Crippen molar-refractivity contribution >= 4 is 19.9 Å². The van der Waals surface area contributed by atoms with Gasteiger partial charge in [0.25, 0.3) is 0 Å². The molecule has 1 aromatic rings. The average molecular weight is 309 g/mol. The average Bonchev–Trinajstić information content (AvgIpc) is 2.48. The minimum absolute atomic E-state index is 0.279. The van der Waals surface area contributed by atoms with Gasteiger partial charge in [-0.05, 0) is 37.5 Å². The number of nitrogens with zero attached hydrogens (tertiary/aromatic N) is 3. The van der Waals surface area contributed by atoms with Crippen molar-refractivity contribution in [2.75, 3.05) is 19.8 Å². The predicted octanol–water partition coefficient (Wildman–Crippen LogP) is 2.39. The highest BCUT2D eigenvalue weighted by Crippen LogP contribution is 2.12. The van der Waals surface area contributed by atoms with Gasteiger partial charge in [0, 0.05) is 35.5 Å². The minimum atomic E-state index is -3.06. The first-order chi connectivity index (χ1) is 10.1. The standard InChI is InChI=1S/C13H19N3O4Si/c1-4-18-21(19-5-2,20-6-3)12-9-7-8-11(10-12)13(17)15-16-14/h7-10H,4-6H2,1-3H3. The maximum atomic E-state index is 11.7. The second kappa shape index (κ2) is 8.55. The number of hydrogen-bond acceptors (Lipinski definition) is 4. The van der Waals surface area contributed by atoms with Crippen molar-refractivity contribution in [3.63, 3.8) is 0 Å². The van der Waals surface area contributed by atoms with Gasteiger partial charge in [-0.25, -0.2) is 0 Å². The second-order valence-electron chi connectivity index (χ2n) is 3.93. The largest absolute Gasteiger partial charge is 0.537 e. The zero-order valence-corrected chi connectivity index (χ0v) is 13.4. The highest BCUT2D eigenvalue weighted by molar-refractivity contribution is 6.75. The quantitative estimate of drug-likeness (QED) is 0.319. The smallest absolute Gasteiger partial charge is 0.370 e. The molecule has 0 saturated carbocycles. The zero-order valence-electron chi connectivity index (χ0n) is 12.4. The molecule has 0 bridgehead atoms. The van der Waals surface area contributed by atoms with Crippen LogP contribution in [0.4, 0.5) is 0 Å². The van der Waals surface area contributed by atoms with Crippen molar-refractivity contribution in [1.82, 2.24) is 0 Å². The summed E-state index contributed by atoms with van der Waals surface area (Å²) in [5.74, 6) is -0.647. The Bertz CT molecular complexity index is 515. The summed E-state index contributed by atoms with van der Waals surface area (Å²) >= 11 is 0. The van der Waals surface area contributed by atoms with Crippen LogP contribution in [0.5, 0.6) is 0 Å². The number of rotatable bonds is 8. The van der Waals surface area contributed by atoms with E-state index in [1.807, 2.05) is 20.8 Å². The molecule has 0 fully saturated rings. The Labute approximate surface area is 124 Å². The van der Waals surface area contributed by atoms with E-state index in [1.165, 1.54) is 0 Å². The highest BCUT2D eigenvalue weighted by Gasteiger charge is 2.43. The first kappa shape index (κ1) is 17.3. The molecule has 1 amide bonds. The minimum Gasteiger partial charge on any atom is -0.370 e. The van der Waals surface area contributed by atoms with Crippen LogP contribution in [0.2, 0.25) is 0 Å². The van der Waals surface area contributed by atoms with Crippen LogP contribution in [0.1, 0.15) is 31.1 Å². The van der Waals surface area contributed by atoms with Crippen LogP contribution < -0.4 is 5.19 Å². The summed E-state index contributed by atoms with van der Waals surface area (Å²) in [6.45, 7) is 6.86. The number of carbonyl (C=O) groups excluding carboxylic acids is 1. The molecule has 0 aliphatic heterocycles. The van der Waals surface area contributed by atoms with Crippen LogP contribution >= 0.6 is 0 Å². The molecule has 0 aromatic heterocycles.